The van der Waals surface area contributed by atoms with Crippen LogP contribution in [0, 0.1) is 6.92 Å². The lowest BCUT2D eigenvalue weighted by Gasteiger charge is -2.37. The molecule has 1 fully saturated rings. The van der Waals surface area contributed by atoms with Crippen molar-refractivity contribution in [1.82, 2.24) is 44.4 Å². The van der Waals surface area contributed by atoms with Crippen LogP contribution in [0.4, 0.5) is 11.5 Å². The number of likely N-dealkylation sites (N-methyl/N-ethyl adjacent to an activating group) is 1. The van der Waals surface area contributed by atoms with Crippen LogP contribution in [0.2, 0.25) is 0 Å². The lowest BCUT2D eigenvalue weighted by atomic mass is 10.0. The Labute approximate surface area is 207 Å². The van der Waals surface area contributed by atoms with Crippen LogP contribution in [0.3, 0.4) is 0 Å². The topological polar surface area (TPSA) is 110 Å². The van der Waals surface area contributed by atoms with E-state index in [1.54, 1.807) is 17.1 Å². The van der Waals surface area contributed by atoms with Gasteiger partial charge in [-0.1, -0.05) is 0 Å². The largest absolute Gasteiger partial charge is 0.350 e. The van der Waals surface area contributed by atoms with Gasteiger partial charge in [0.05, 0.1) is 45.8 Å². The molecule has 1 atom stereocenters. The number of nitrogens with zero attached hydrogens (tertiary/aromatic N) is 8. The van der Waals surface area contributed by atoms with Gasteiger partial charge in [0.1, 0.15) is 0 Å². The number of pyridine rings is 1. The molecule has 0 saturated carbocycles. The standard InChI is InChI=1S/C25H28N10O/c1-15-21(7-16(9-26-15)25(36)27-11-19-5-6-32(19)2)30-24-20-12-29-35-14-17(18-10-28-33(3)13-18)8-22(35)23(20)34(4)31-24/h7-10,12-14,19H,5-6,11H2,1-4H3,(H,27,36)(H,30,31)/t19-/m1/s1. The first kappa shape index (κ1) is 22.2. The van der Waals surface area contributed by atoms with Gasteiger partial charge in [-0.25, -0.2) is 4.52 Å². The zero-order valence-electron chi connectivity index (χ0n) is 20.7. The van der Waals surface area contributed by atoms with Gasteiger partial charge in [-0.15, -0.1) is 0 Å². The smallest absolute Gasteiger partial charge is 0.252 e. The average Bonchev–Trinajstić information content (AvgIpc) is 3.56. The van der Waals surface area contributed by atoms with E-state index < -0.39 is 0 Å². The van der Waals surface area contributed by atoms with E-state index in [9.17, 15) is 4.79 Å². The van der Waals surface area contributed by atoms with Crippen molar-refractivity contribution in [1.29, 1.82) is 0 Å². The third-order valence-corrected chi connectivity index (χ3v) is 7.02. The molecule has 0 bridgehead atoms. The average molecular weight is 485 g/mol. The number of hydrogen-bond acceptors (Lipinski definition) is 7. The van der Waals surface area contributed by atoms with Gasteiger partial charge < -0.3 is 15.5 Å². The van der Waals surface area contributed by atoms with Crippen LogP contribution in [-0.2, 0) is 14.1 Å². The summed E-state index contributed by atoms with van der Waals surface area (Å²) >= 11 is 0. The van der Waals surface area contributed by atoms with Crippen LogP contribution in [0.1, 0.15) is 22.5 Å². The second-order valence-electron chi connectivity index (χ2n) is 9.46. The highest BCUT2D eigenvalue weighted by molar-refractivity contribution is 6.01. The minimum absolute atomic E-state index is 0.128. The molecule has 184 valence electrons. The van der Waals surface area contributed by atoms with Crippen LogP contribution < -0.4 is 10.6 Å². The fourth-order valence-corrected chi connectivity index (χ4v) is 4.68. The predicted octanol–water partition coefficient (Wildman–Crippen LogP) is 2.50. The Balaban J connectivity index is 1.30. The second-order valence-corrected chi connectivity index (χ2v) is 9.46. The zero-order valence-corrected chi connectivity index (χ0v) is 20.7. The number of likely N-dealkylation sites (tertiary alicyclic amines) is 1. The number of carbonyl (C=O) groups excluding carboxylic acids is 1. The molecule has 6 heterocycles. The summed E-state index contributed by atoms with van der Waals surface area (Å²) in [6, 6.07) is 4.32. The van der Waals surface area contributed by atoms with Gasteiger partial charge in [0.15, 0.2) is 5.82 Å². The molecule has 11 heteroatoms. The van der Waals surface area contributed by atoms with Crippen LogP contribution in [0.25, 0.3) is 27.5 Å². The number of amides is 1. The molecule has 6 rings (SSSR count). The number of aryl methyl sites for hydroxylation is 3. The first-order chi connectivity index (χ1) is 17.4. The third kappa shape index (κ3) is 3.77. The molecule has 5 aromatic rings. The highest BCUT2D eigenvalue weighted by Crippen LogP contribution is 2.31. The number of rotatable bonds is 6. The van der Waals surface area contributed by atoms with Crippen molar-refractivity contribution in [3.63, 3.8) is 0 Å². The molecule has 5 aromatic heterocycles. The monoisotopic (exact) mass is 484 g/mol. The molecule has 0 aliphatic carbocycles. The van der Waals surface area contributed by atoms with Crippen molar-refractivity contribution in [2.75, 3.05) is 25.5 Å². The van der Waals surface area contributed by atoms with E-state index in [-0.39, 0.29) is 5.91 Å². The van der Waals surface area contributed by atoms with E-state index in [1.165, 1.54) is 0 Å². The van der Waals surface area contributed by atoms with E-state index in [2.05, 4.69) is 43.8 Å². The van der Waals surface area contributed by atoms with Gasteiger partial charge in [-0.3, -0.25) is 19.1 Å². The highest BCUT2D eigenvalue weighted by Gasteiger charge is 2.24. The normalized spacial score (nSPS) is 15.9. The summed E-state index contributed by atoms with van der Waals surface area (Å²) in [6.07, 6.45) is 10.3. The summed E-state index contributed by atoms with van der Waals surface area (Å²) in [5, 5.41) is 20.9. The molecule has 0 radical (unpaired) electrons. The Kier molecular flexibility index (Phi) is 5.22. The minimum atomic E-state index is -0.128. The number of anilines is 2. The van der Waals surface area contributed by atoms with E-state index in [0.29, 0.717) is 24.0 Å². The number of aromatic nitrogens is 7. The lowest BCUT2D eigenvalue weighted by molar-refractivity contribution is 0.0884. The number of nitrogens with one attached hydrogen (secondary N) is 2. The third-order valence-electron chi connectivity index (χ3n) is 7.02. The summed E-state index contributed by atoms with van der Waals surface area (Å²) < 4.78 is 5.48. The predicted molar refractivity (Wildman–Crippen MR) is 137 cm³/mol. The van der Waals surface area contributed by atoms with Gasteiger partial charge in [0.2, 0.25) is 0 Å². The number of carbonyl (C=O) groups is 1. The molecular formula is C25H28N10O. The molecule has 1 saturated heterocycles. The maximum atomic E-state index is 12.8. The van der Waals surface area contributed by atoms with E-state index in [0.717, 1.165) is 51.9 Å². The van der Waals surface area contributed by atoms with Crippen molar-refractivity contribution in [3.05, 3.63) is 54.4 Å². The van der Waals surface area contributed by atoms with Gasteiger partial charge >= 0.3 is 0 Å². The van der Waals surface area contributed by atoms with E-state index >= 15 is 0 Å². The fourth-order valence-electron chi connectivity index (χ4n) is 4.68. The Morgan fingerprint density at radius 1 is 1.08 bits per heavy atom. The molecule has 0 spiro atoms. The maximum Gasteiger partial charge on any atom is 0.252 e. The summed E-state index contributed by atoms with van der Waals surface area (Å²) in [5.74, 6) is 0.529. The summed E-state index contributed by atoms with van der Waals surface area (Å²) in [4.78, 5) is 19.5. The highest BCUT2D eigenvalue weighted by atomic mass is 16.1. The summed E-state index contributed by atoms with van der Waals surface area (Å²) in [5.41, 5.74) is 5.97. The van der Waals surface area contributed by atoms with Crippen molar-refractivity contribution in [2.45, 2.75) is 19.4 Å². The molecule has 11 nitrogen and oxygen atoms in total. The Bertz CT molecular complexity index is 1610. The van der Waals surface area contributed by atoms with Crippen LogP contribution >= 0.6 is 0 Å². The molecule has 0 unspecified atom stereocenters. The van der Waals surface area contributed by atoms with Crippen LogP contribution in [-0.4, -0.2) is 71.1 Å². The molecule has 0 aromatic carbocycles. The number of fused-ring (bicyclic) bond motifs is 3. The van der Waals surface area contributed by atoms with E-state index in [4.69, 9.17) is 5.10 Å². The van der Waals surface area contributed by atoms with Crippen LogP contribution in [0.15, 0.2) is 43.1 Å². The van der Waals surface area contributed by atoms with E-state index in [1.807, 2.05) is 54.9 Å². The first-order valence-electron chi connectivity index (χ1n) is 11.9. The molecular weight excluding hydrogens is 456 g/mol. The van der Waals surface area contributed by atoms with Gasteiger partial charge in [-0.05, 0) is 39.1 Å². The SMILES string of the molecule is Cc1ncc(C(=O)NC[C@H]2CCN2C)cc1Nc1nn(C)c2c1cnn1cc(-c3cnn(C)c3)cc21. The van der Waals surface area contributed by atoms with Gasteiger partial charge in [0.25, 0.3) is 5.91 Å². The van der Waals surface area contributed by atoms with Crippen molar-refractivity contribution >= 4 is 33.8 Å². The van der Waals surface area contributed by atoms with Gasteiger partial charge in [0, 0.05) is 56.4 Å². The zero-order chi connectivity index (χ0) is 25.0. The lowest BCUT2D eigenvalue weighted by Crippen LogP contribution is -2.51. The first-order valence-corrected chi connectivity index (χ1v) is 11.9. The summed E-state index contributed by atoms with van der Waals surface area (Å²) in [7, 11) is 5.89. The molecule has 1 aliphatic rings. The quantitative estimate of drug-likeness (QED) is 0.381. The maximum absolute atomic E-state index is 12.8. The molecule has 1 amide bonds. The Morgan fingerprint density at radius 3 is 2.67 bits per heavy atom. The van der Waals surface area contributed by atoms with Crippen molar-refractivity contribution < 1.29 is 4.79 Å². The Hall–Kier alpha value is -4.25. The second kappa shape index (κ2) is 8.45. The molecule has 1 aliphatic heterocycles. The minimum Gasteiger partial charge on any atom is -0.350 e. The van der Waals surface area contributed by atoms with Crippen molar-refractivity contribution in [2.24, 2.45) is 14.1 Å². The van der Waals surface area contributed by atoms with Crippen molar-refractivity contribution in [3.8, 4) is 11.1 Å². The fraction of sp³-hybridized carbons (Fsp3) is 0.320. The molecule has 2 N–H and O–H groups in total. The number of hydrogen-bond donors (Lipinski definition) is 2. The van der Waals surface area contributed by atoms with Gasteiger partial charge in [-0.2, -0.15) is 15.3 Å². The van der Waals surface area contributed by atoms with Crippen LogP contribution in [0.5, 0.6) is 0 Å². The molecule has 36 heavy (non-hydrogen) atoms. The Morgan fingerprint density at radius 2 is 1.94 bits per heavy atom. The summed E-state index contributed by atoms with van der Waals surface area (Å²) in [6.45, 7) is 3.62.